The van der Waals surface area contributed by atoms with Gasteiger partial charge in [-0.25, -0.2) is 0 Å². The summed E-state index contributed by atoms with van der Waals surface area (Å²) in [7, 11) is 4.19. The van der Waals surface area contributed by atoms with Crippen LogP contribution in [0.25, 0.3) is 0 Å². The van der Waals surface area contributed by atoms with Gasteiger partial charge < -0.3 is 10.0 Å². The molecule has 1 fully saturated rings. The topological polar surface area (TPSA) is 23.5 Å². The molecule has 1 saturated carbocycles. The Morgan fingerprint density at radius 1 is 1.05 bits per heavy atom. The first-order valence-electron chi connectivity index (χ1n) is 7.73. The van der Waals surface area contributed by atoms with Crippen LogP contribution in [-0.2, 0) is 5.41 Å². The third-order valence-electron chi connectivity index (χ3n) is 4.96. The Morgan fingerprint density at radius 2 is 1.55 bits per heavy atom. The second-order valence-corrected chi connectivity index (χ2v) is 7.48. The lowest BCUT2D eigenvalue weighted by Crippen LogP contribution is -2.47. The number of rotatable bonds is 3. The maximum Gasteiger partial charge on any atom is 0.0973 e. The zero-order chi connectivity index (χ0) is 15.0. The van der Waals surface area contributed by atoms with Crippen molar-refractivity contribution in [1.29, 1.82) is 0 Å². The Labute approximate surface area is 123 Å². The summed E-state index contributed by atoms with van der Waals surface area (Å²) in [5.41, 5.74) is 2.45. The zero-order valence-corrected chi connectivity index (χ0v) is 13.6. The summed E-state index contributed by atoms with van der Waals surface area (Å²) in [5.74, 6) is 0. The maximum atomic E-state index is 10.9. The van der Waals surface area contributed by atoms with Gasteiger partial charge in [-0.05, 0) is 43.5 Å². The van der Waals surface area contributed by atoms with Crippen molar-refractivity contribution in [3.05, 3.63) is 35.4 Å². The molecule has 2 heteroatoms. The molecule has 1 aliphatic rings. The summed E-state index contributed by atoms with van der Waals surface area (Å²) in [6.45, 7) is 6.66. The smallest absolute Gasteiger partial charge is 0.0973 e. The number of aliphatic hydroxyl groups is 1. The molecule has 2 nitrogen and oxygen atoms in total. The van der Waals surface area contributed by atoms with Crippen molar-refractivity contribution < 1.29 is 5.11 Å². The van der Waals surface area contributed by atoms with Gasteiger partial charge in [0.05, 0.1) is 11.6 Å². The monoisotopic (exact) mass is 275 g/mol. The molecule has 1 atom stereocenters. The number of likely N-dealkylation sites (N-methyl/N-ethyl adjacent to an activating group) is 1. The van der Waals surface area contributed by atoms with Crippen molar-refractivity contribution in [2.45, 2.75) is 63.5 Å². The SMILES string of the molecule is CN(C)C1(C(O)c2ccc(C(C)(C)C)cc2)CCCC1. The van der Waals surface area contributed by atoms with Gasteiger partial charge in [-0.1, -0.05) is 57.9 Å². The molecule has 1 unspecified atom stereocenters. The van der Waals surface area contributed by atoms with Crippen LogP contribution in [0.4, 0.5) is 0 Å². The van der Waals surface area contributed by atoms with E-state index < -0.39 is 6.10 Å². The third kappa shape index (κ3) is 2.77. The van der Waals surface area contributed by atoms with Crippen molar-refractivity contribution in [3.63, 3.8) is 0 Å². The number of aliphatic hydroxyl groups excluding tert-OH is 1. The van der Waals surface area contributed by atoms with Crippen molar-refractivity contribution in [2.24, 2.45) is 0 Å². The van der Waals surface area contributed by atoms with E-state index in [2.05, 4.69) is 64.0 Å². The van der Waals surface area contributed by atoms with Crippen LogP contribution in [0.2, 0.25) is 0 Å². The standard InChI is InChI=1S/C18H29NO/c1-17(2,3)15-10-8-14(9-11-15)16(20)18(19(4)5)12-6-7-13-18/h8-11,16,20H,6-7,12-13H2,1-5H3. The summed E-state index contributed by atoms with van der Waals surface area (Å²) >= 11 is 0. The number of hydrogen-bond acceptors (Lipinski definition) is 2. The summed E-state index contributed by atoms with van der Waals surface area (Å²) in [5, 5.41) is 10.9. The minimum atomic E-state index is -0.394. The molecule has 1 aromatic rings. The van der Waals surface area contributed by atoms with E-state index in [0.717, 1.165) is 18.4 Å². The molecular formula is C18H29NO. The number of benzene rings is 1. The highest BCUT2D eigenvalue weighted by Gasteiger charge is 2.43. The highest BCUT2D eigenvalue weighted by Crippen LogP contribution is 2.43. The number of nitrogens with zero attached hydrogens (tertiary/aromatic N) is 1. The Bertz CT molecular complexity index is 435. The van der Waals surface area contributed by atoms with E-state index >= 15 is 0 Å². The van der Waals surface area contributed by atoms with Gasteiger partial charge in [-0.15, -0.1) is 0 Å². The Balaban J connectivity index is 2.26. The summed E-state index contributed by atoms with van der Waals surface area (Å²) in [6, 6.07) is 8.54. The highest BCUT2D eigenvalue weighted by atomic mass is 16.3. The predicted molar refractivity (Wildman–Crippen MR) is 85.0 cm³/mol. The molecule has 1 aromatic carbocycles. The van der Waals surface area contributed by atoms with Crippen molar-refractivity contribution in [1.82, 2.24) is 4.90 Å². The lowest BCUT2D eigenvalue weighted by molar-refractivity contribution is -0.00476. The largest absolute Gasteiger partial charge is 0.386 e. The van der Waals surface area contributed by atoms with Crippen molar-refractivity contribution in [3.8, 4) is 0 Å². The Morgan fingerprint density at radius 3 is 1.95 bits per heavy atom. The Hall–Kier alpha value is -0.860. The molecule has 112 valence electrons. The van der Waals surface area contributed by atoms with Gasteiger partial charge in [-0.3, -0.25) is 0 Å². The molecule has 0 aliphatic heterocycles. The van der Waals surface area contributed by atoms with Crippen LogP contribution >= 0.6 is 0 Å². The fourth-order valence-corrected chi connectivity index (χ4v) is 3.43. The van der Waals surface area contributed by atoms with Crippen LogP contribution in [0.15, 0.2) is 24.3 Å². The second kappa shape index (κ2) is 5.50. The van der Waals surface area contributed by atoms with Crippen LogP contribution in [-0.4, -0.2) is 29.6 Å². The summed E-state index contributed by atoms with van der Waals surface area (Å²) in [6.07, 6.45) is 4.21. The van der Waals surface area contributed by atoms with E-state index in [1.165, 1.54) is 18.4 Å². The molecule has 1 N–H and O–H groups in total. The average Bonchev–Trinajstić information content (AvgIpc) is 2.87. The van der Waals surface area contributed by atoms with Gasteiger partial charge in [0.25, 0.3) is 0 Å². The quantitative estimate of drug-likeness (QED) is 0.904. The van der Waals surface area contributed by atoms with E-state index in [-0.39, 0.29) is 11.0 Å². The van der Waals surface area contributed by atoms with Gasteiger partial charge >= 0.3 is 0 Å². The second-order valence-electron chi connectivity index (χ2n) is 7.48. The average molecular weight is 275 g/mol. The molecule has 1 aliphatic carbocycles. The van der Waals surface area contributed by atoms with Gasteiger partial charge in [-0.2, -0.15) is 0 Å². The van der Waals surface area contributed by atoms with E-state index in [9.17, 15) is 5.11 Å². The normalized spacial score (nSPS) is 20.4. The lowest BCUT2D eigenvalue weighted by atomic mass is 9.82. The van der Waals surface area contributed by atoms with Gasteiger partial charge in [0, 0.05) is 0 Å². The number of hydrogen-bond donors (Lipinski definition) is 1. The molecule has 0 heterocycles. The van der Waals surface area contributed by atoms with E-state index in [0.29, 0.717) is 0 Å². The minimum Gasteiger partial charge on any atom is -0.386 e. The maximum absolute atomic E-state index is 10.9. The van der Waals surface area contributed by atoms with E-state index in [1.807, 2.05) is 0 Å². The van der Waals surface area contributed by atoms with Crippen molar-refractivity contribution >= 4 is 0 Å². The van der Waals surface area contributed by atoms with Gasteiger partial charge in [0.2, 0.25) is 0 Å². The van der Waals surface area contributed by atoms with Gasteiger partial charge in [0.15, 0.2) is 0 Å². The molecule has 0 radical (unpaired) electrons. The molecular weight excluding hydrogens is 246 g/mol. The molecule has 0 amide bonds. The van der Waals surface area contributed by atoms with Crippen LogP contribution in [0.1, 0.15) is 63.7 Å². The van der Waals surface area contributed by atoms with Crippen LogP contribution < -0.4 is 0 Å². The Kier molecular flexibility index (Phi) is 4.27. The fourth-order valence-electron chi connectivity index (χ4n) is 3.43. The molecule has 20 heavy (non-hydrogen) atoms. The molecule has 0 bridgehead atoms. The van der Waals surface area contributed by atoms with Crippen LogP contribution in [0.3, 0.4) is 0 Å². The predicted octanol–water partition coefficient (Wildman–Crippen LogP) is 3.89. The molecule has 0 saturated heterocycles. The summed E-state index contributed by atoms with van der Waals surface area (Å²) in [4.78, 5) is 2.22. The first-order valence-corrected chi connectivity index (χ1v) is 7.73. The molecule has 0 aromatic heterocycles. The highest BCUT2D eigenvalue weighted by molar-refractivity contribution is 5.30. The third-order valence-corrected chi connectivity index (χ3v) is 4.96. The zero-order valence-electron chi connectivity index (χ0n) is 13.6. The first-order chi connectivity index (χ1) is 9.27. The van der Waals surface area contributed by atoms with Gasteiger partial charge in [0.1, 0.15) is 0 Å². The molecule has 0 spiro atoms. The fraction of sp³-hybridized carbons (Fsp3) is 0.667. The van der Waals surface area contributed by atoms with Crippen LogP contribution in [0, 0.1) is 0 Å². The minimum absolute atomic E-state index is 0.0801. The van der Waals surface area contributed by atoms with E-state index in [1.54, 1.807) is 0 Å². The molecule has 2 rings (SSSR count). The van der Waals surface area contributed by atoms with E-state index in [4.69, 9.17) is 0 Å². The summed E-state index contributed by atoms with van der Waals surface area (Å²) < 4.78 is 0. The van der Waals surface area contributed by atoms with Crippen molar-refractivity contribution in [2.75, 3.05) is 14.1 Å². The first kappa shape index (κ1) is 15.5. The van der Waals surface area contributed by atoms with Crippen LogP contribution in [0.5, 0.6) is 0 Å². The lowest BCUT2D eigenvalue weighted by Gasteiger charge is -2.41.